The van der Waals surface area contributed by atoms with Crippen LogP contribution in [0.3, 0.4) is 0 Å². The fraction of sp³-hybridized carbons (Fsp3) is 0. The lowest BCUT2D eigenvalue weighted by atomic mass is 10.1. The van der Waals surface area contributed by atoms with Crippen LogP contribution in [0.25, 0.3) is 39.6 Å². The van der Waals surface area contributed by atoms with Crippen LogP contribution in [-0.4, -0.2) is 29.8 Å². The molecule has 0 aliphatic rings. The van der Waals surface area contributed by atoms with Gasteiger partial charge < -0.3 is 4.42 Å². The predicted molar refractivity (Wildman–Crippen MR) is 97.8 cm³/mol. The Bertz CT molecular complexity index is 1270. The van der Waals surface area contributed by atoms with Crippen LogP contribution in [0.1, 0.15) is 0 Å². The zero-order chi connectivity index (χ0) is 18.2. The van der Waals surface area contributed by atoms with Gasteiger partial charge in [-0.05, 0) is 24.3 Å². The lowest BCUT2D eigenvalue weighted by molar-refractivity contribution is 0.568. The van der Waals surface area contributed by atoms with Crippen LogP contribution >= 0.6 is 0 Å². The Morgan fingerprint density at radius 3 is 2.59 bits per heavy atom. The van der Waals surface area contributed by atoms with Crippen LogP contribution in [-0.2, 0) is 0 Å². The molecule has 0 radical (unpaired) electrons. The number of hydrogen-bond acceptors (Lipinski definition) is 6. The molecule has 0 saturated heterocycles. The SMILES string of the molecule is O=c1cc(-c2ccc(-c3nnco3)cc2)nc2c(-c3ccccn3)c[nH]n12. The smallest absolute Gasteiger partial charge is 0.273 e. The molecule has 0 fully saturated rings. The van der Waals surface area contributed by atoms with Crippen molar-refractivity contribution in [2.45, 2.75) is 0 Å². The maximum atomic E-state index is 12.5. The van der Waals surface area contributed by atoms with Crippen LogP contribution in [0, 0.1) is 0 Å². The van der Waals surface area contributed by atoms with Gasteiger partial charge in [-0.3, -0.25) is 14.9 Å². The van der Waals surface area contributed by atoms with Gasteiger partial charge in [0.15, 0.2) is 5.65 Å². The van der Waals surface area contributed by atoms with Crippen molar-refractivity contribution in [3.63, 3.8) is 0 Å². The number of nitrogens with zero attached hydrogens (tertiary/aromatic N) is 5. The molecule has 8 heteroatoms. The van der Waals surface area contributed by atoms with E-state index in [4.69, 9.17) is 4.42 Å². The number of fused-ring (bicyclic) bond motifs is 1. The predicted octanol–water partition coefficient (Wildman–Crippen LogP) is 2.80. The zero-order valence-corrected chi connectivity index (χ0v) is 13.9. The lowest BCUT2D eigenvalue weighted by Crippen LogP contribution is -2.14. The standard InChI is InChI=1S/C19H12N6O2/c26-17-9-16(12-4-6-13(7-5-12)19-24-21-11-27-19)23-18-14(10-22-25(17)18)15-3-1-2-8-20-15/h1-11,22H. The van der Waals surface area contributed by atoms with E-state index < -0.39 is 0 Å². The van der Waals surface area contributed by atoms with Crippen molar-refractivity contribution in [3.8, 4) is 34.0 Å². The molecule has 0 aliphatic carbocycles. The zero-order valence-electron chi connectivity index (χ0n) is 13.9. The third kappa shape index (κ3) is 2.60. The molecule has 4 aromatic heterocycles. The highest BCUT2D eigenvalue weighted by atomic mass is 16.4. The van der Waals surface area contributed by atoms with E-state index in [1.807, 2.05) is 42.5 Å². The highest BCUT2D eigenvalue weighted by Crippen LogP contribution is 2.25. The maximum absolute atomic E-state index is 12.5. The summed E-state index contributed by atoms with van der Waals surface area (Å²) in [5, 5.41) is 10.5. The van der Waals surface area contributed by atoms with Gasteiger partial charge in [-0.15, -0.1) is 10.2 Å². The molecule has 0 unspecified atom stereocenters. The Morgan fingerprint density at radius 1 is 1.00 bits per heavy atom. The first kappa shape index (κ1) is 15.2. The van der Waals surface area contributed by atoms with Gasteiger partial charge in [-0.1, -0.05) is 18.2 Å². The second kappa shape index (κ2) is 6.03. The average Bonchev–Trinajstić information content (AvgIpc) is 3.39. The Balaban J connectivity index is 1.63. The summed E-state index contributed by atoms with van der Waals surface area (Å²) in [6.45, 7) is 0. The molecule has 1 aromatic carbocycles. The highest BCUT2D eigenvalue weighted by Gasteiger charge is 2.13. The van der Waals surface area contributed by atoms with Crippen molar-refractivity contribution in [2.75, 3.05) is 0 Å². The molecule has 0 aliphatic heterocycles. The number of benzene rings is 1. The van der Waals surface area contributed by atoms with E-state index in [1.165, 1.54) is 17.0 Å². The molecule has 0 bridgehead atoms. The van der Waals surface area contributed by atoms with Gasteiger partial charge in [0.05, 0.1) is 17.0 Å². The molecule has 5 rings (SSSR count). The first-order chi connectivity index (χ1) is 13.3. The maximum Gasteiger partial charge on any atom is 0.273 e. The summed E-state index contributed by atoms with van der Waals surface area (Å²) in [6.07, 6.45) is 4.72. The molecule has 0 atom stereocenters. The van der Waals surface area contributed by atoms with E-state index in [9.17, 15) is 4.79 Å². The summed E-state index contributed by atoms with van der Waals surface area (Å²) in [6, 6.07) is 14.5. The normalized spacial score (nSPS) is 11.1. The number of H-pyrrole nitrogens is 1. The van der Waals surface area contributed by atoms with E-state index in [2.05, 4.69) is 25.3 Å². The number of rotatable bonds is 3. The van der Waals surface area contributed by atoms with Gasteiger partial charge >= 0.3 is 0 Å². The van der Waals surface area contributed by atoms with E-state index in [-0.39, 0.29) is 5.56 Å². The summed E-state index contributed by atoms with van der Waals surface area (Å²) in [4.78, 5) is 21.5. The van der Waals surface area contributed by atoms with Crippen molar-refractivity contribution in [2.24, 2.45) is 0 Å². The van der Waals surface area contributed by atoms with Crippen molar-refractivity contribution in [1.82, 2.24) is 29.8 Å². The van der Waals surface area contributed by atoms with Crippen molar-refractivity contribution >= 4 is 5.65 Å². The first-order valence-electron chi connectivity index (χ1n) is 8.19. The molecule has 1 N–H and O–H groups in total. The third-order valence-corrected chi connectivity index (χ3v) is 4.23. The van der Waals surface area contributed by atoms with Crippen molar-refractivity contribution < 1.29 is 4.42 Å². The fourth-order valence-electron chi connectivity index (χ4n) is 2.92. The van der Waals surface area contributed by atoms with E-state index in [0.29, 0.717) is 17.2 Å². The topological polar surface area (TPSA) is 102 Å². The number of pyridine rings is 1. The molecule has 130 valence electrons. The van der Waals surface area contributed by atoms with Crippen molar-refractivity contribution in [3.05, 3.63) is 77.7 Å². The third-order valence-electron chi connectivity index (χ3n) is 4.23. The van der Waals surface area contributed by atoms with Crippen LogP contribution in [0.15, 0.2) is 76.5 Å². The fourth-order valence-corrected chi connectivity index (χ4v) is 2.92. The minimum absolute atomic E-state index is 0.196. The summed E-state index contributed by atoms with van der Waals surface area (Å²) in [7, 11) is 0. The molecular formula is C19H12N6O2. The quantitative estimate of drug-likeness (QED) is 0.533. The molecule has 0 saturated carbocycles. The highest BCUT2D eigenvalue weighted by molar-refractivity contribution is 5.76. The Hall–Kier alpha value is -4.07. The van der Waals surface area contributed by atoms with Crippen LogP contribution < -0.4 is 5.56 Å². The number of aromatic nitrogens is 6. The van der Waals surface area contributed by atoms with E-state index in [1.54, 1.807) is 12.4 Å². The summed E-state index contributed by atoms with van der Waals surface area (Å²) < 4.78 is 6.60. The van der Waals surface area contributed by atoms with Crippen LogP contribution in [0.4, 0.5) is 0 Å². The number of hydrogen-bond donors (Lipinski definition) is 1. The number of aromatic amines is 1. The summed E-state index contributed by atoms with van der Waals surface area (Å²) in [5.41, 5.74) is 4.02. The molecule has 4 heterocycles. The van der Waals surface area contributed by atoms with Crippen molar-refractivity contribution in [1.29, 1.82) is 0 Å². The minimum Gasteiger partial charge on any atom is -0.423 e. The Morgan fingerprint density at radius 2 is 1.85 bits per heavy atom. The Labute approximate surface area is 152 Å². The van der Waals surface area contributed by atoms with E-state index in [0.717, 1.165) is 22.4 Å². The molecule has 8 nitrogen and oxygen atoms in total. The molecule has 0 spiro atoms. The molecule has 0 amide bonds. The van der Waals surface area contributed by atoms with Crippen LogP contribution in [0.2, 0.25) is 0 Å². The number of nitrogens with one attached hydrogen (secondary N) is 1. The molecule has 27 heavy (non-hydrogen) atoms. The second-order valence-electron chi connectivity index (χ2n) is 5.86. The second-order valence-corrected chi connectivity index (χ2v) is 5.86. The summed E-state index contributed by atoms with van der Waals surface area (Å²) in [5.74, 6) is 0.438. The molecular weight excluding hydrogens is 344 g/mol. The van der Waals surface area contributed by atoms with Gasteiger partial charge in [0.1, 0.15) is 0 Å². The van der Waals surface area contributed by atoms with E-state index >= 15 is 0 Å². The van der Waals surface area contributed by atoms with Gasteiger partial charge in [0.25, 0.3) is 5.56 Å². The Kier molecular flexibility index (Phi) is 3.39. The summed E-state index contributed by atoms with van der Waals surface area (Å²) >= 11 is 0. The van der Waals surface area contributed by atoms with Gasteiger partial charge in [0, 0.05) is 29.6 Å². The first-order valence-corrected chi connectivity index (χ1v) is 8.19. The lowest BCUT2D eigenvalue weighted by Gasteiger charge is -2.04. The van der Waals surface area contributed by atoms with Gasteiger partial charge in [-0.25, -0.2) is 9.50 Å². The molecule has 5 aromatic rings. The van der Waals surface area contributed by atoms with Gasteiger partial charge in [-0.2, -0.15) is 0 Å². The largest absolute Gasteiger partial charge is 0.423 e. The van der Waals surface area contributed by atoms with Crippen LogP contribution in [0.5, 0.6) is 0 Å². The minimum atomic E-state index is -0.196. The average molecular weight is 356 g/mol. The van der Waals surface area contributed by atoms with Gasteiger partial charge in [0.2, 0.25) is 12.3 Å². The monoisotopic (exact) mass is 356 g/mol.